The topological polar surface area (TPSA) is 76.2 Å². The van der Waals surface area contributed by atoms with E-state index in [4.69, 9.17) is 9.47 Å². The molecule has 2 heterocycles. The molecule has 2 aliphatic heterocycles. The maximum Gasteiger partial charge on any atom is 0.389 e. The summed E-state index contributed by atoms with van der Waals surface area (Å²) >= 11 is 0. The number of benzene rings is 1. The number of halogens is 3. The van der Waals surface area contributed by atoms with E-state index in [1.54, 1.807) is 24.3 Å². The smallest absolute Gasteiger partial charge is 0.389 e. The van der Waals surface area contributed by atoms with Gasteiger partial charge in [0, 0.05) is 51.5 Å². The molecule has 1 aromatic carbocycles. The van der Waals surface area contributed by atoms with Crippen LogP contribution in [0.4, 0.5) is 18.9 Å². The van der Waals surface area contributed by atoms with Crippen molar-refractivity contribution in [3.8, 4) is 5.75 Å². The van der Waals surface area contributed by atoms with Crippen LogP contribution in [-0.4, -0.2) is 75.9 Å². The van der Waals surface area contributed by atoms with Gasteiger partial charge in [0.15, 0.2) is 0 Å². The molecule has 0 amide bonds. The molecule has 11 heteroatoms. The molecule has 0 unspecified atom stereocenters. The van der Waals surface area contributed by atoms with Gasteiger partial charge in [-0.25, -0.2) is 8.42 Å². The van der Waals surface area contributed by atoms with E-state index in [9.17, 15) is 26.4 Å². The molecule has 0 spiro atoms. The molecule has 1 aromatic rings. The summed E-state index contributed by atoms with van der Waals surface area (Å²) in [6.07, 6.45) is -4.26. The second kappa shape index (κ2) is 9.74. The summed E-state index contributed by atoms with van der Waals surface area (Å²) in [5.74, 6) is 0.486. The molecule has 174 valence electrons. The first-order chi connectivity index (χ1) is 14.7. The first kappa shape index (κ1) is 23.8. The van der Waals surface area contributed by atoms with Gasteiger partial charge in [-0.2, -0.15) is 17.5 Å². The molecule has 0 aromatic heterocycles. The largest absolute Gasteiger partial charge is 0.494 e. The van der Waals surface area contributed by atoms with Crippen LogP contribution in [-0.2, 0) is 19.6 Å². The van der Waals surface area contributed by atoms with E-state index in [-0.39, 0.29) is 52.2 Å². The normalized spacial score (nSPS) is 20.4. The lowest BCUT2D eigenvalue weighted by Gasteiger charge is -2.40. The molecule has 0 atom stereocenters. The quantitative estimate of drug-likeness (QED) is 0.435. The van der Waals surface area contributed by atoms with Gasteiger partial charge in [-0.3, -0.25) is 0 Å². The fourth-order valence-corrected chi connectivity index (χ4v) is 5.78. The second-order valence-corrected chi connectivity index (χ2v) is 10.0. The highest BCUT2D eigenvalue weighted by Crippen LogP contribution is 2.32. The van der Waals surface area contributed by atoms with Gasteiger partial charge in [-0.05, 0) is 43.5 Å². The number of aldehydes is 1. The Bertz CT molecular complexity index is 831. The summed E-state index contributed by atoms with van der Waals surface area (Å²) in [7, 11) is -3.77. The molecule has 31 heavy (non-hydrogen) atoms. The van der Waals surface area contributed by atoms with Crippen LogP contribution < -0.4 is 9.64 Å². The Labute approximate surface area is 180 Å². The number of piperazine rings is 1. The fourth-order valence-electron chi connectivity index (χ4n) is 3.81. The summed E-state index contributed by atoms with van der Waals surface area (Å²) in [5, 5.41) is 0. The molecule has 0 aliphatic carbocycles. The van der Waals surface area contributed by atoms with Crippen LogP contribution in [0, 0.1) is 0 Å². The van der Waals surface area contributed by atoms with E-state index in [2.05, 4.69) is 0 Å². The van der Waals surface area contributed by atoms with Gasteiger partial charge in [0.05, 0.1) is 6.61 Å². The Morgan fingerprint density at radius 2 is 1.68 bits per heavy atom. The minimum atomic E-state index is -4.18. The highest BCUT2D eigenvalue weighted by atomic mass is 32.2. The van der Waals surface area contributed by atoms with Gasteiger partial charge in [0.25, 0.3) is 0 Å². The van der Waals surface area contributed by atoms with Gasteiger partial charge in [-0.15, -0.1) is 0 Å². The van der Waals surface area contributed by atoms with Crippen molar-refractivity contribution in [2.45, 2.75) is 36.6 Å². The number of anilines is 1. The minimum Gasteiger partial charge on any atom is -0.494 e. The van der Waals surface area contributed by atoms with Crippen molar-refractivity contribution in [2.75, 3.05) is 50.9 Å². The number of alkyl halides is 3. The zero-order valence-electron chi connectivity index (χ0n) is 17.1. The zero-order chi connectivity index (χ0) is 22.5. The van der Waals surface area contributed by atoms with Crippen LogP contribution in [0.25, 0.3) is 0 Å². The first-order valence-corrected chi connectivity index (χ1v) is 11.7. The highest BCUT2D eigenvalue weighted by Gasteiger charge is 2.48. The predicted molar refractivity (Wildman–Crippen MR) is 109 cm³/mol. The molecule has 0 radical (unpaired) electrons. The van der Waals surface area contributed by atoms with Gasteiger partial charge in [0.2, 0.25) is 10.0 Å². The molecule has 7 nitrogen and oxygen atoms in total. The van der Waals surface area contributed by atoms with E-state index in [0.717, 1.165) is 5.69 Å². The summed E-state index contributed by atoms with van der Waals surface area (Å²) in [4.78, 5) is 13.7. The lowest BCUT2D eigenvalue weighted by atomic mass is 10.0. The van der Waals surface area contributed by atoms with E-state index in [1.807, 2.05) is 4.90 Å². The van der Waals surface area contributed by atoms with Crippen molar-refractivity contribution in [1.29, 1.82) is 0 Å². The van der Waals surface area contributed by atoms with Crippen molar-refractivity contribution < 1.29 is 35.9 Å². The Morgan fingerprint density at radius 1 is 1.06 bits per heavy atom. The molecule has 0 bridgehead atoms. The molecule has 0 N–H and O–H groups in total. The number of ether oxygens (including phenoxy) is 2. The van der Waals surface area contributed by atoms with Crippen LogP contribution in [0.15, 0.2) is 24.3 Å². The van der Waals surface area contributed by atoms with Crippen LogP contribution >= 0.6 is 0 Å². The number of carbonyl (C=O) groups excluding carboxylic acids is 1. The number of rotatable bonds is 8. The number of nitrogens with zero attached hydrogens (tertiary/aromatic N) is 2. The van der Waals surface area contributed by atoms with Gasteiger partial charge >= 0.3 is 6.18 Å². The second-order valence-electron chi connectivity index (χ2n) is 7.75. The highest BCUT2D eigenvalue weighted by molar-refractivity contribution is 7.91. The number of sulfonamides is 1. The SMILES string of the molecule is O=CC1(S(=O)(=O)N2CCN(c3ccc(OCCCC(F)(F)F)cc3)CC2)CCOCC1. The molecule has 0 saturated carbocycles. The van der Waals surface area contributed by atoms with Crippen LogP contribution in [0.2, 0.25) is 0 Å². The van der Waals surface area contributed by atoms with Crippen LogP contribution in [0.1, 0.15) is 25.7 Å². The Kier molecular flexibility index (Phi) is 7.48. The Hall–Kier alpha value is -1.85. The van der Waals surface area contributed by atoms with Crippen molar-refractivity contribution in [3.63, 3.8) is 0 Å². The van der Waals surface area contributed by atoms with Crippen LogP contribution in [0.3, 0.4) is 0 Å². The van der Waals surface area contributed by atoms with Gasteiger partial charge in [0.1, 0.15) is 16.8 Å². The van der Waals surface area contributed by atoms with Crippen molar-refractivity contribution in [3.05, 3.63) is 24.3 Å². The van der Waals surface area contributed by atoms with Crippen LogP contribution in [0.5, 0.6) is 5.75 Å². The molecular formula is C20H27F3N2O5S. The predicted octanol–water partition coefficient (Wildman–Crippen LogP) is 2.61. The third-order valence-electron chi connectivity index (χ3n) is 5.72. The lowest BCUT2D eigenvalue weighted by molar-refractivity contribution is -0.136. The standard InChI is InChI=1S/C20H27F3N2O5S/c21-20(22,23)6-1-13-30-18-4-2-17(3-5-18)24-9-11-25(12-10-24)31(27,28)19(16-26)7-14-29-15-8-19/h2-5,16H,1,6-15H2. The van der Waals surface area contributed by atoms with Gasteiger partial charge < -0.3 is 19.2 Å². The number of hydrogen-bond donors (Lipinski definition) is 0. The first-order valence-electron chi connectivity index (χ1n) is 10.3. The summed E-state index contributed by atoms with van der Waals surface area (Å²) in [5.41, 5.74) is 0.871. The minimum absolute atomic E-state index is 0.0150. The van der Waals surface area contributed by atoms with Crippen molar-refractivity contribution in [2.24, 2.45) is 0 Å². The van der Waals surface area contributed by atoms with E-state index in [0.29, 0.717) is 25.1 Å². The molecule has 2 saturated heterocycles. The molecule has 2 fully saturated rings. The molecular weight excluding hydrogens is 437 g/mol. The Balaban J connectivity index is 1.53. The number of hydrogen-bond acceptors (Lipinski definition) is 6. The van der Waals surface area contributed by atoms with E-state index in [1.165, 1.54) is 4.31 Å². The molecule has 2 aliphatic rings. The third kappa shape index (κ3) is 5.69. The summed E-state index contributed by atoms with van der Waals surface area (Å²) in [6, 6.07) is 6.98. The monoisotopic (exact) mass is 464 g/mol. The van der Waals surface area contributed by atoms with Crippen molar-refractivity contribution in [1.82, 2.24) is 4.31 Å². The van der Waals surface area contributed by atoms with Gasteiger partial charge in [-0.1, -0.05) is 0 Å². The summed E-state index contributed by atoms with van der Waals surface area (Å²) < 4.78 is 73.3. The average molecular weight is 465 g/mol. The fraction of sp³-hybridized carbons (Fsp3) is 0.650. The average Bonchev–Trinajstić information content (AvgIpc) is 2.77. The third-order valence-corrected chi connectivity index (χ3v) is 8.30. The zero-order valence-corrected chi connectivity index (χ0v) is 18.0. The van der Waals surface area contributed by atoms with E-state index >= 15 is 0 Å². The maximum absolute atomic E-state index is 13.1. The summed E-state index contributed by atoms with van der Waals surface area (Å²) in [6.45, 7) is 1.97. The Morgan fingerprint density at radius 3 is 2.23 bits per heavy atom. The molecule has 3 rings (SSSR count). The van der Waals surface area contributed by atoms with E-state index < -0.39 is 27.4 Å². The van der Waals surface area contributed by atoms with Crippen molar-refractivity contribution >= 4 is 22.0 Å². The number of carbonyl (C=O) groups is 1. The maximum atomic E-state index is 13.1. The lowest BCUT2D eigenvalue weighted by Crippen LogP contribution is -2.57.